The molecule has 8 aliphatic rings. The lowest BCUT2D eigenvalue weighted by atomic mass is 9.86. The number of hydrogen-bond donors (Lipinski definition) is 0. The Labute approximate surface area is 245 Å². The molecule has 202 valence electrons. The van der Waals surface area contributed by atoms with Crippen LogP contribution in [0.5, 0.6) is 0 Å². The number of nitrogens with zero attached hydrogens (tertiary/aromatic N) is 3. The molecule has 3 heteroatoms. The predicted molar refractivity (Wildman–Crippen MR) is 171 cm³/mol. The van der Waals surface area contributed by atoms with E-state index in [-0.39, 0.29) is 11.0 Å². The molecule has 1 aromatic heterocycles. The van der Waals surface area contributed by atoms with E-state index in [4.69, 9.17) is 4.99 Å². The molecule has 0 N–H and O–H groups in total. The number of para-hydroxylation sites is 1. The summed E-state index contributed by atoms with van der Waals surface area (Å²) in [5, 5.41) is 1.35. The number of rotatable bonds is 3. The minimum absolute atomic E-state index is 0.00160. The highest BCUT2D eigenvalue weighted by Gasteiger charge is 2.70. The lowest BCUT2D eigenvalue weighted by Crippen LogP contribution is -2.39. The fourth-order valence-corrected chi connectivity index (χ4v) is 9.11. The summed E-state index contributed by atoms with van der Waals surface area (Å²) >= 11 is 0. The molecule has 3 saturated carbocycles. The van der Waals surface area contributed by atoms with Crippen LogP contribution in [0, 0.1) is 23.2 Å². The first-order valence-electron chi connectivity index (χ1n) is 15.7. The molecule has 6 aliphatic carbocycles. The Bertz CT molecular complexity index is 2020. The number of benzene rings is 2. The monoisotopic (exact) mass is 541 g/mol. The number of aliphatic imine (C=N–C) groups is 1. The van der Waals surface area contributed by atoms with Crippen LogP contribution in [0.1, 0.15) is 30.5 Å². The van der Waals surface area contributed by atoms with Gasteiger partial charge in [-0.15, -0.1) is 0 Å². The van der Waals surface area contributed by atoms with E-state index in [0.717, 1.165) is 12.8 Å². The van der Waals surface area contributed by atoms with Crippen molar-refractivity contribution < 1.29 is 0 Å². The second kappa shape index (κ2) is 7.33. The number of allylic oxidation sites excluding steroid dienone is 11. The van der Waals surface area contributed by atoms with Crippen LogP contribution in [0.15, 0.2) is 131 Å². The Balaban J connectivity index is 1.03. The molecule has 0 saturated heterocycles. The van der Waals surface area contributed by atoms with Crippen molar-refractivity contribution in [3.63, 3.8) is 0 Å². The van der Waals surface area contributed by atoms with E-state index in [0.29, 0.717) is 23.8 Å². The maximum atomic E-state index is 5.49. The fourth-order valence-electron chi connectivity index (χ4n) is 9.11. The van der Waals surface area contributed by atoms with Crippen molar-refractivity contribution in [3.8, 4) is 5.69 Å². The van der Waals surface area contributed by atoms with Crippen LogP contribution in [0.3, 0.4) is 0 Å². The molecule has 2 aliphatic heterocycles. The molecule has 6 unspecified atom stereocenters. The van der Waals surface area contributed by atoms with Gasteiger partial charge in [-0.1, -0.05) is 72.9 Å². The molecule has 2 aromatic carbocycles. The van der Waals surface area contributed by atoms with Crippen molar-refractivity contribution in [3.05, 3.63) is 137 Å². The van der Waals surface area contributed by atoms with Gasteiger partial charge in [-0.05, 0) is 90.3 Å². The number of anilines is 1. The summed E-state index contributed by atoms with van der Waals surface area (Å²) < 4.78 is 2.45. The van der Waals surface area contributed by atoms with Gasteiger partial charge in [-0.25, -0.2) is 0 Å². The van der Waals surface area contributed by atoms with Gasteiger partial charge < -0.3 is 9.47 Å². The number of aromatic nitrogens is 1. The molecule has 11 rings (SSSR count). The van der Waals surface area contributed by atoms with Gasteiger partial charge in [0.25, 0.3) is 0 Å². The van der Waals surface area contributed by atoms with Gasteiger partial charge in [0.2, 0.25) is 0 Å². The zero-order chi connectivity index (χ0) is 27.2. The molecule has 1 spiro atoms. The maximum Gasteiger partial charge on any atom is 0.0951 e. The van der Waals surface area contributed by atoms with Crippen molar-refractivity contribution in [2.45, 2.75) is 37.3 Å². The Morgan fingerprint density at radius 3 is 2.69 bits per heavy atom. The zero-order valence-electron chi connectivity index (χ0n) is 23.4. The smallest absolute Gasteiger partial charge is 0.0951 e. The van der Waals surface area contributed by atoms with Crippen molar-refractivity contribution >= 4 is 28.4 Å². The van der Waals surface area contributed by atoms with Crippen molar-refractivity contribution in [1.82, 2.24) is 4.57 Å². The van der Waals surface area contributed by atoms with Crippen LogP contribution in [0.4, 0.5) is 5.69 Å². The molecule has 0 radical (unpaired) electrons. The molecule has 42 heavy (non-hydrogen) atoms. The van der Waals surface area contributed by atoms with E-state index in [2.05, 4.69) is 125 Å². The SMILES string of the molecule is C1=CCc2c(n(-c3ccc(N4C5=C(C=CC6CC56)C5=CC(C67C=CC=CC6C7)=NC6CC564)cc3)c3ccccc23)C=C1. The van der Waals surface area contributed by atoms with Gasteiger partial charge in [0.05, 0.1) is 22.8 Å². The van der Waals surface area contributed by atoms with Gasteiger partial charge in [-0.3, -0.25) is 4.99 Å². The van der Waals surface area contributed by atoms with Crippen LogP contribution < -0.4 is 4.90 Å². The highest BCUT2D eigenvalue weighted by atomic mass is 15.3. The Kier molecular flexibility index (Phi) is 3.89. The summed E-state index contributed by atoms with van der Waals surface area (Å²) in [5.74, 6) is 1.99. The molecule has 3 fully saturated rings. The van der Waals surface area contributed by atoms with Crippen molar-refractivity contribution in [2.75, 3.05) is 4.90 Å². The summed E-state index contributed by atoms with van der Waals surface area (Å²) in [4.78, 5) is 8.24. The average Bonchev–Trinajstić information content (AvgIpc) is 3.93. The molecule has 6 atom stereocenters. The fraction of sp³-hybridized carbons (Fsp3) is 0.256. The van der Waals surface area contributed by atoms with Crippen LogP contribution in [0.2, 0.25) is 0 Å². The average molecular weight is 542 g/mol. The largest absolute Gasteiger partial charge is 0.332 e. The number of dihydropyridines is 1. The van der Waals surface area contributed by atoms with Crippen molar-refractivity contribution in [2.24, 2.45) is 28.2 Å². The van der Waals surface area contributed by atoms with E-state index < -0.39 is 0 Å². The van der Waals surface area contributed by atoms with Gasteiger partial charge >= 0.3 is 0 Å². The first-order valence-corrected chi connectivity index (χ1v) is 15.7. The van der Waals surface area contributed by atoms with Crippen molar-refractivity contribution in [1.29, 1.82) is 0 Å². The van der Waals surface area contributed by atoms with Gasteiger partial charge in [0.1, 0.15) is 0 Å². The Hall–Kier alpha value is -4.37. The topological polar surface area (TPSA) is 20.5 Å². The Morgan fingerprint density at radius 2 is 1.76 bits per heavy atom. The first-order chi connectivity index (χ1) is 20.8. The second-order valence-corrected chi connectivity index (χ2v) is 13.5. The van der Waals surface area contributed by atoms with Crippen LogP contribution in [0.25, 0.3) is 22.7 Å². The van der Waals surface area contributed by atoms with E-state index in [9.17, 15) is 0 Å². The predicted octanol–water partition coefficient (Wildman–Crippen LogP) is 8.06. The first kappa shape index (κ1) is 22.3. The van der Waals surface area contributed by atoms with Crippen LogP contribution >= 0.6 is 0 Å². The van der Waals surface area contributed by atoms with E-state index >= 15 is 0 Å². The molecule has 3 aromatic rings. The summed E-state index contributed by atoms with van der Waals surface area (Å²) in [5.41, 5.74) is 12.6. The van der Waals surface area contributed by atoms with Crippen LogP contribution in [-0.2, 0) is 6.42 Å². The summed E-state index contributed by atoms with van der Waals surface area (Å²) in [6.07, 6.45) is 30.2. The number of fused-ring (bicyclic) bond motifs is 7. The molecule has 3 nitrogen and oxygen atoms in total. The molecule has 0 bridgehead atoms. The lowest BCUT2D eigenvalue weighted by molar-refractivity contribution is 0.694. The van der Waals surface area contributed by atoms with E-state index in [1.165, 1.54) is 57.7 Å². The van der Waals surface area contributed by atoms with Crippen LogP contribution in [-0.4, -0.2) is 21.9 Å². The second-order valence-electron chi connectivity index (χ2n) is 13.5. The molecular formula is C39H31N3. The third kappa shape index (κ3) is 2.62. The van der Waals surface area contributed by atoms with E-state index in [1.807, 2.05) is 0 Å². The normalized spacial score (nSPS) is 35.1. The lowest BCUT2D eigenvalue weighted by Gasteiger charge is -2.33. The van der Waals surface area contributed by atoms with Gasteiger partial charge in [-0.2, -0.15) is 0 Å². The maximum absolute atomic E-state index is 5.49. The Morgan fingerprint density at radius 1 is 0.857 bits per heavy atom. The third-order valence-corrected chi connectivity index (χ3v) is 11.4. The van der Waals surface area contributed by atoms with Gasteiger partial charge in [0.15, 0.2) is 0 Å². The minimum atomic E-state index is -0.00160. The molecule has 3 heterocycles. The summed E-state index contributed by atoms with van der Waals surface area (Å²) in [6.45, 7) is 0. The van der Waals surface area contributed by atoms with Gasteiger partial charge in [0, 0.05) is 45.9 Å². The third-order valence-electron chi connectivity index (χ3n) is 11.4. The quantitative estimate of drug-likeness (QED) is 0.328. The highest BCUT2D eigenvalue weighted by Crippen LogP contribution is 2.68. The molecular weight excluding hydrogens is 510 g/mol. The standard InChI is InChI=1S/C39H31N3/c1-2-9-28-29-10-4-5-12-34(29)41(33(28)11-3-1)26-14-16-27(17-15-26)42-37-30(18-13-24-20-31(24)37)32-21-35(40-36-23-39(32,36)42)38-19-7-6-8-25(38)22-38/h1-8,10-19,21,24-25,31,36H,9,20,22-23H2. The zero-order valence-corrected chi connectivity index (χ0v) is 23.4. The summed E-state index contributed by atoms with van der Waals surface area (Å²) in [6, 6.07) is 18.7. The molecule has 0 amide bonds. The highest BCUT2D eigenvalue weighted by molar-refractivity contribution is 6.08. The minimum Gasteiger partial charge on any atom is -0.332 e. The van der Waals surface area contributed by atoms with E-state index in [1.54, 1.807) is 11.3 Å². The number of hydrogen-bond acceptors (Lipinski definition) is 2. The summed E-state index contributed by atoms with van der Waals surface area (Å²) in [7, 11) is 0.